The van der Waals surface area contributed by atoms with Crippen LogP contribution in [0.1, 0.15) is 22.7 Å². The van der Waals surface area contributed by atoms with Crippen molar-refractivity contribution in [2.45, 2.75) is 32.4 Å². The molecule has 0 bridgehead atoms. The number of aromatic nitrogens is 1. The number of para-hydroxylation sites is 1. The fourth-order valence-electron chi connectivity index (χ4n) is 3.05. The van der Waals surface area contributed by atoms with Gasteiger partial charge in [0.15, 0.2) is 5.96 Å². The normalized spacial score (nSPS) is 17.6. The van der Waals surface area contributed by atoms with Crippen LogP contribution in [0.5, 0.6) is 0 Å². The molecular formula is C18H25ClIN5S. The maximum absolute atomic E-state index is 6.35. The highest BCUT2D eigenvalue weighted by Gasteiger charge is 2.22. The summed E-state index contributed by atoms with van der Waals surface area (Å²) in [5.74, 6) is 0.818. The van der Waals surface area contributed by atoms with E-state index in [0.29, 0.717) is 12.6 Å². The lowest BCUT2D eigenvalue weighted by Crippen LogP contribution is -2.51. The Kier molecular flexibility index (Phi) is 8.43. The minimum absolute atomic E-state index is 0. The summed E-state index contributed by atoms with van der Waals surface area (Å²) in [6, 6.07) is 8.38. The standard InChI is InChI=1S/C18H24ClN5S.HI/c1-13-10-21-17(25-13)11-22-18(20-2)23-14-6-5-9-24(12-14)16-8-4-3-7-15(16)19;/h3-4,7-8,10,14H,5-6,9,11-12H2,1-2H3,(H2,20,22,23);1H. The first kappa shape index (κ1) is 21.2. The van der Waals surface area contributed by atoms with Crippen LogP contribution in [0.2, 0.25) is 5.02 Å². The molecule has 1 fully saturated rings. The quantitative estimate of drug-likeness (QED) is 0.374. The van der Waals surface area contributed by atoms with Gasteiger partial charge in [-0.25, -0.2) is 4.98 Å². The fourth-order valence-corrected chi connectivity index (χ4v) is 4.03. The van der Waals surface area contributed by atoms with Crippen LogP contribution in [0.25, 0.3) is 0 Å². The first-order chi connectivity index (χ1) is 12.2. The summed E-state index contributed by atoms with van der Waals surface area (Å²) in [6.45, 7) is 4.71. The van der Waals surface area contributed by atoms with E-state index in [-0.39, 0.29) is 24.0 Å². The molecule has 142 valence electrons. The van der Waals surface area contributed by atoms with Gasteiger partial charge in [-0.2, -0.15) is 0 Å². The molecule has 2 heterocycles. The number of piperidine rings is 1. The zero-order chi connectivity index (χ0) is 17.6. The third-order valence-corrected chi connectivity index (χ3v) is 5.49. The van der Waals surface area contributed by atoms with Crippen molar-refractivity contribution in [1.29, 1.82) is 0 Å². The number of rotatable bonds is 4. The van der Waals surface area contributed by atoms with Gasteiger partial charge < -0.3 is 15.5 Å². The van der Waals surface area contributed by atoms with E-state index in [9.17, 15) is 0 Å². The predicted molar refractivity (Wildman–Crippen MR) is 122 cm³/mol. The van der Waals surface area contributed by atoms with Crippen LogP contribution < -0.4 is 15.5 Å². The van der Waals surface area contributed by atoms with E-state index in [1.54, 1.807) is 18.4 Å². The molecule has 2 N–H and O–H groups in total. The van der Waals surface area contributed by atoms with Gasteiger partial charge in [0, 0.05) is 37.3 Å². The van der Waals surface area contributed by atoms with Gasteiger partial charge in [-0.15, -0.1) is 35.3 Å². The third kappa shape index (κ3) is 5.72. The number of aliphatic imine (C=N–C) groups is 1. The van der Waals surface area contributed by atoms with Crippen molar-refractivity contribution in [3.05, 3.63) is 45.4 Å². The average Bonchev–Trinajstić information content (AvgIpc) is 3.04. The number of nitrogens with zero attached hydrogens (tertiary/aromatic N) is 3. The van der Waals surface area contributed by atoms with Crippen LogP contribution in [0.3, 0.4) is 0 Å². The van der Waals surface area contributed by atoms with Crippen molar-refractivity contribution in [2.24, 2.45) is 4.99 Å². The second kappa shape index (κ2) is 10.3. The number of thiazole rings is 1. The zero-order valence-corrected chi connectivity index (χ0v) is 18.9. The molecule has 0 saturated carbocycles. The van der Waals surface area contributed by atoms with Crippen molar-refractivity contribution in [1.82, 2.24) is 15.6 Å². The molecule has 0 amide bonds. The smallest absolute Gasteiger partial charge is 0.191 e. The Labute approximate surface area is 181 Å². The lowest BCUT2D eigenvalue weighted by atomic mass is 10.0. The average molecular weight is 506 g/mol. The summed E-state index contributed by atoms with van der Waals surface area (Å²) < 4.78 is 0. The Morgan fingerprint density at radius 2 is 2.23 bits per heavy atom. The highest BCUT2D eigenvalue weighted by Crippen LogP contribution is 2.27. The maximum Gasteiger partial charge on any atom is 0.191 e. The molecule has 3 rings (SSSR count). The number of halogens is 2. The summed E-state index contributed by atoms with van der Waals surface area (Å²) in [4.78, 5) is 12.3. The molecule has 1 aromatic carbocycles. The van der Waals surface area contributed by atoms with Crippen LogP contribution in [-0.4, -0.2) is 37.1 Å². The summed E-state index contributed by atoms with van der Waals surface area (Å²) in [5.41, 5.74) is 1.11. The van der Waals surface area contributed by atoms with E-state index < -0.39 is 0 Å². The fraction of sp³-hybridized carbons (Fsp3) is 0.444. The molecule has 0 aliphatic carbocycles. The van der Waals surface area contributed by atoms with Crippen LogP contribution in [0.4, 0.5) is 5.69 Å². The molecule has 1 aromatic heterocycles. The Balaban J connectivity index is 0.00000243. The van der Waals surface area contributed by atoms with E-state index in [2.05, 4.69) is 38.5 Å². The Morgan fingerprint density at radius 1 is 1.42 bits per heavy atom. The molecule has 1 aliphatic heterocycles. The molecule has 1 saturated heterocycles. The lowest BCUT2D eigenvalue weighted by Gasteiger charge is -2.35. The number of aryl methyl sites for hydroxylation is 1. The zero-order valence-electron chi connectivity index (χ0n) is 15.0. The Hall–Kier alpha value is -1.06. The predicted octanol–water partition coefficient (Wildman–Crippen LogP) is 4.06. The monoisotopic (exact) mass is 505 g/mol. The van der Waals surface area contributed by atoms with Crippen molar-refractivity contribution in [3.8, 4) is 0 Å². The number of hydrogen-bond donors (Lipinski definition) is 2. The first-order valence-corrected chi connectivity index (χ1v) is 9.73. The van der Waals surface area contributed by atoms with Crippen molar-refractivity contribution in [2.75, 3.05) is 25.0 Å². The summed E-state index contributed by atoms with van der Waals surface area (Å²) in [7, 11) is 1.80. The lowest BCUT2D eigenvalue weighted by molar-refractivity contribution is 0.468. The number of hydrogen-bond acceptors (Lipinski definition) is 4. The second-order valence-electron chi connectivity index (χ2n) is 6.17. The highest BCUT2D eigenvalue weighted by atomic mass is 127. The first-order valence-electron chi connectivity index (χ1n) is 8.53. The molecule has 8 heteroatoms. The van der Waals surface area contributed by atoms with E-state index in [0.717, 1.165) is 47.6 Å². The third-order valence-electron chi connectivity index (χ3n) is 4.26. The van der Waals surface area contributed by atoms with Gasteiger partial charge in [-0.1, -0.05) is 23.7 Å². The van der Waals surface area contributed by atoms with Gasteiger partial charge in [-0.05, 0) is 31.9 Å². The second-order valence-corrected chi connectivity index (χ2v) is 7.90. The van der Waals surface area contributed by atoms with Crippen molar-refractivity contribution in [3.63, 3.8) is 0 Å². The SMILES string of the molecule is CN=C(NCc1ncc(C)s1)NC1CCCN(c2ccccc2Cl)C1.I. The number of anilines is 1. The van der Waals surface area contributed by atoms with Gasteiger partial charge >= 0.3 is 0 Å². The van der Waals surface area contributed by atoms with E-state index >= 15 is 0 Å². The Morgan fingerprint density at radius 3 is 2.92 bits per heavy atom. The topological polar surface area (TPSA) is 52.6 Å². The molecule has 1 unspecified atom stereocenters. The number of benzene rings is 1. The van der Waals surface area contributed by atoms with Crippen LogP contribution in [0, 0.1) is 6.92 Å². The van der Waals surface area contributed by atoms with Gasteiger partial charge in [0.05, 0.1) is 17.3 Å². The molecule has 1 atom stereocenters. The number of nitrogens with one attached hydrogen (secondary N) is 2. The number of guanidine groups is 1. The molecule has 0 radical (unpaired) electrons. The Bertz CT molecular complexity index is 736. The van der Waals surface area contributed by atoms with Gasteiger partial charge in [0.1, 0.15) is 5.01 Å². The molecule has 1 aliphatic rings. The molecule has 5 nitrogen and oxygen atoms in total. The minimum atomic E-state index is 0. The molecular weight excluding hydrogens is 481 g/mol. The van der Waals surface area contributed by atoms with Gasteiger partial charge in [0.25, 0.3) is 0 Å². The molecule has 2 aromatic rings. The van der Waals surface area contributed by atoms with E-state index in [4.69, 9.17) is 11.6 Å². The highest BCUT2D eigenvalue weighted by molar-refractivity contribution is 14.0. The van der Waals surface area contributed by atoms with Crippen LogP contribution >= 0.6 is 46.9 Å². The maximum atomic E-state index is 6.35. The largest absolute Gasteiger partial charge is 0.368 e. The van der Waals surface area contributed by atoms with Gasteiger partial charge in [0.2, 0.25) is 0 Å². The summed E-state index contributed by atoms with van der Waals surface area (Å²) >= 11 is 8.06. The van der Waals surface area contributed by atoms with E-state index in [1.807, 2.05) is 24.4 Å². The minimum Gasteiger partial charge on any atom is -0.368 e. The summed E-state index contributed by atoms with van der Waals surface area (Å²) in [5, 5.41) is 8.77. The van der Waals surface area contributed by atoms with Crippen molar-refractivity contribution < 1.29 is 0 Å². The molecule has 0 spiro atoms. The van der Waals surface area contributed by atoms with E-state index in [1.165, 1.54) is 4.88 Å². The van der Waals surface area contributed by atoms with Crippen molar-refractivity contribution >= 4 is 58.6 Å². The molecule has 26 heavy (non-hydrogen) atoms. The van der Waals surface area contributed by atoms with Gasteiger partial charge in [-0.3, -0.25) is 4.99 Å². The van der Waals surface area contributed by atoms with Crippen LogP contribution in [0.15, 0.2) is 35.5 Å². The summed E-state index contributed by atoms with van der Waals surface area (Å²) in [6.07, 6.45) is 4.16. The van der Waals surface area contributed by atoms with Crippen LogP contribution in [-0.2, 0) is 6.54 Å².